The zero-order valence-electron chi connectivity index (χ0n) is 27.0. The first-order chi connectivity index (χ1) is 21.9. The Bertz CT molecular complexity index is 1370. The summed E-state index contributed by atoms with van der Waals surface area (Å²) in [7, 11) is 0. The van der Waals surface area contributed by atoms with Gasteiger partial charge < -0.3 is 19.1 Å². The molecule has 0 spiro atoms. The topological polar surface area (TPSA) is 92.0 Å². The molecule has 2 aromatic rings. The van der Waals surface area contributed by atoms with Gasteiger partial charge in [0.05, 0.1) is 11.8 Å². The molecular formula is C34H46F3N5O4. The molecule has 3 heterocycles. The van der Waals surface area contributed by atoms with Crippen molar-refractivity contribution >= 4 is 12.0 Å². The van der Waals surface area contributed by atoms with E-state index in [1.165, 1.54) is 0 Å². The second kappa shape index (κ2) is 13.2. The average molecular weight is 646 g/mol. The number of hydrogen-bond donors (Lipinski definition) is 0. The Morgan fingerprint density at radius 1 is 1.11 bits per heavy atom. The van der Waals surface area contributed by atoms with Crippen LogP contribution in [0.2, 0.25) is 0 Å². The summed E-state index contributed by atoms with van der Waals surface area (Å²) in [5.41, 5.74) is 0.362. The molecule has 2 aliphatic heterocycles. The Labute approximate surface area is 268 Å². The molecule has 0 unspecified atom stereocenters. The Hall–Kier alpha value is -3.15. The molecule has 2 aliphatic carbocycles. The van der Waals surface area contributed by atoms with Crippen LogP contribution in [0, 0.1) is 5.92 Å². The highest BCUT2D eigenvalue weighted by Crippen LogP contribution is 2.46. The van der Waals surface area contributed by atoms with Crippen LogP contribution in [-0.4, -0.2) is 93.2 Å². The third-order valence-corrected chi connectivity index (χ3v) is 10.7. The van der Waals surface area contributed by atoms with Crippen LogP contribution in [0.4, 0.5) is 18.0 Å². The van der Waals surface area contributed by atoms with Gasteiger partial charge in [-0.25, -0.2) is 18.0 Å². The van der Waals surface area contributed by atoms with E-state index in [0.717, 1.165) is 12.1 Å². The molecule has 6 rings (SSSR count). The van der Waals surface area contributed by atoms with Crippen LogP contribution in [0.25, 0.3) is 0 Å². The standard InChI is InChI=1S/C34H46F3N5O4/c1-22(2)41-15-11-24(20-41)42(32(44)45-21-23-8-5-4-6-9-23)28-10-7-12-34(36,37)26(28)19-29(43)40-16-13-33(3,14-17-40)31-38-30(46-39-31)25-18-27(25)35/h4-6,8-9,22,24-28H,7,10-21H2,1-3H3/t24-,25+,26+,27-,28-/m0/s1. The van der Waals surface area contributed by atoms with Crippen molar-refractivity contribution in [3.8, 4) is 0 Å². The smallest absolute Gasteiger partial charge is 0.410 e. The van der Waals surface area contributed by atoms with Crippen molar-refractivity contribution in [2.24, 2.45) is 5.92 Å². The number of aromatic nitrogens is 2. The third kappa shape index (κ3) is 6.92. The number of rotatable bonds is 9. The van der Waals surface area contributed by atoms with Gasteiger partial charge in [0, 0.05) is 62.6 Å². The Balaban J connectivity index is 1.16. The molecule has 9 nitrogen and oxygen atoms in total. The minimum atomic E-state index is -3.10. The van der Waals surface area contributed by atoms with Gasteiger partial charge in [-0.15, -0.1) is 0 Å². The summed E-state index contributed by atoms with van der Waals surface area (Å²) < 4.78 is 56.3. The fourth-order valence-electron chi connectivity index (χ4n) is 7.49. The number of ether oxygens (including phenoxy) is 1. The molecule has 4 fully saturated rings. The van der Waals surface area contributed by atoms with Gasteiger partial charge >= 0.3 is 6.09 Å². The van der Waals surface area contributed by atoms with Crippen LogP contribution >= 0.6 is 0 Å². The summed E-state index contributed by atoms with van der Waals surface area (Å²) in [5.74, 6) is -4.26. The van der Waals surface area contributed by atoms with Gasteiger partial charge in [0.2, 0.25) is 11.8 Å². The van der Waals surface area contributed by atoms with E-state index in [9.17, 15) is 14.0 Å². The van der Waals surface area contributed by atoms with Crippen LogP contribution in [0.5, 0.6) is 0 Å². The first-order valence-corrected chi connectivity index (χ1v) is 16.8. The number of hydrogen-bond acceptors (Lipinski definition) is 7. The Morgan fingerprint density at radius 2 is 1.83 bits per heavy atom. The third-order valence-electron chi connectivity index (χ3n) is 10.7. The summed E-state index contributed by atoms with van der Waals surface area (Å²) in [6.45, 7) is 8.30. The maximum absolute atomic E-state index is 15.8. The second-order valence-corrected chi connectivity index (χ2v) is 14.3. The Morgan fingerprint density at radius 3 is 2.48 bits per heavy atom. The summed E-state index contributed by atoms with van der Waals surface area (Å²) in [5, 5.41) is 4.12. The second-order valence-electron chi connectivity index (χ2n) is 14.3. The van der Waals surface area contributed by atoms with E-state index in [1.807, 2.05) is 37.3 Å². The van der Waals surface area contributed by atoms with Gasteiger partial charge in [0.25, 0.3) is 5.92 Å². The summed E-state index contributed by atoms with van der Waals surface area (Å²) in [6, 6.07) is 8.48. The normalized spacial score (nSPS) is 29.1. The maximum atomic E-state index is 15.8. The fraction of sp³-hybridized carbons (Fsp3) is 0.706. The summed E-state index contributed by atoms with van der Waals surface area (Å²) >= 11 is 0. The molecule has 2 amide bonds. The van der Waals surface area contributed by atoms with Crippen molar-refractivity contribution in [1.82, 2.24) is 24.8 Å². The van der Waals surface area contributed by atoms with Gasteiger partial charge in [-0.3, -0.25) is 9.69 Å². The largest absolute Gasteiger partial charge is 0.445 e. The number of carbonyl (C=O) groups is 2. The number of halogens is 3. The van der Waals surface area contributed by atoms with E-state index in [4.69, 9.17) is 9.26 Å². The zero-order valence-corrected chi connectivity index (χ0v) is 27.0. The van der Waals surface area contributed by atoms with Gasteiger partial charge in [-0.05, 0) is 57.9 Å². The van der Waals surface area contributed by atoms with Crippen LogP contribution < -0.4 is 0 Å². The molecule has 46 heavy (non-hydrogen) atoms. The highest BCUT2D eigenvalue weighted by molar-refractivity contribution is 5.77. The predicted molar refractivity (Wildman–Crippen MR) is 164 cm³/mol. The van der Waals surface area contributed by atoms with E-state index >= 15 is 8.78 Å². The zero-order chi connectivity index (χ0) is 32.6. The quantitative estimate of drug-likeness (QED) is 0.326. The first kappa shape index (κ1) is 32.8. The lowest BCUT2D eigenvalue weighted by atomic mass is 9.77. The molecule has 5 atom stereocenters. The summed E-state index contributed by atoms with van der Waals surface area (Å²) in [4.78, 5) is 37.4. The van der Waals surface area contributed by atoms with Crippen molar-refractivity contribution in [1.29, 1.82) is 0 Å². The molecule has 0 bridgehead atoms. The molecule has 2 saturated heterocycles. The van der Waals surface area contributed by atoms with Crippen LogP contribution in [-0.2, 0) is 21.6 Å². The lowest BCUT2D eigenvalue weighted by Crippen LogP contribution is -2.58. The van der Waals surface area contributed by atoms with Crippen molar-refractivity contribution in [3.05, 3.63) is 47.6 Å². The molecule has 252 valence electrons. The molecule has 4 aliphatic rings. The number of carbonyl (C=O) groups excluding carboxylic acids is 2. The molecule has 0 N–H and O–H groups in total. The first-order valence-electron chi connectivity index (χ1n) is 16.8. The highest BCUT2D eigenvalue weighted by Gasteiger charge is 2.53. The fourth-order valence-corrected chi connectivity index (χ4v) is 7.49. The van der Waals surface area contributed by atoms with Crippen molar-refractivity contribution in [3.63, 3.8) is 0 Å². The molecule has 0 radical (unpaired) electrons. The van der Waals surface area contributed by atoms with E-state index in [2.05, 4.69) is 28.9 Å². The van der Waals surface area contributed by atoms with Gasteiger partial charge in [-0.2, -0.15) is 4.98 Å². The minimum Gasteiger partial charge on any atom is -0.445 e. The molecule has 1 aromatic carbocycles. The minimum absolute atomic E-state index is 0.0485. The average Bonchev–Trinajstić information content (AvgIpc) is 3.39. The predicted octanol–water partition coefficient (Wildman–Crippen LogP) is 6.09. The van der Waals surface area contributed by atoms with Gasteiger partial charge in [-0.1, -0.05) is 42.4 Å². The van der Waals surface area contributed by atoms with E-state index < -0.39 is 35.6 Å². The van der Waals surface area contributed by atoms with Crippen LogP contribution in [0.15, 0.2) is 34.9 Å². The molecule has 12 heteroatoms. The monoisotopic (exact) mass is 645 g/mol. The van der Waals surface area contributed by atoms with Crippen LogP contribution in [0.3, 0.4) is 0 Å². The van der Waals surface area contributed by atoms with E-state index in [1.54, 1.807) is 9.80 Å². The molecule has 1 aromatic heterocycles. The number of likely N-dealkylation sites (tertiary alicyclic amines) is 2. The van der Waals surface area contributed by atoms with Gasteiger partial charge in [0.1, 0.15) is 12.8 Å². The lowest BCUT2D eigenvalue weighted by Gasteiger charge is -2.46. The maximum Gasteiger partial charge on any atom is 0.410 e. The number of benzene rings is 1. The summed E-state index contributed by atoms with van der Waals surface area (Å²) in [6.07, 6.45) is 0.607. The van der Waals surface area contributed by atoms with Crippen molar-refractivity contribution < 1.29 is 32.0 Å². The lowest BCUT2D eigenvalue weighted by molar-refractivity contribution is -0.150. The highest BCUT2D eigenvalue weighted by atomic mass is 19.3. The van der Waals surface area contributed by atoms with Crippen molar-refractivity contribution in [2.45, 2.75) is 120 Å². The van der Waals surface area contributed by atoms with Crippen LogP contribution in [0.1, 0.15) is 95.3 Å². The van der Waals surface area contributed by atoms with Gasteiger partial charge in [0.15, 0.2) is 5.82 Å². The SMILES string of the molecule is CC(C)N1CC[C@H](N(C(=O)OCc2ccccc2)[C@H]2CCCC(F)(F)[C@@H]2CC(=O)N2CCC(C)(c3noc([C@@H]4C[C@@H]4F)n3)CC2)C1. The Kier molecular flexibility index (Phi) is 9.38. The number of piperidine rings is 1. The number of nitrogens with zero attached hydrogens (tertiary/aromatic N) is 5. The van der Waals surface area contributed by atoms with Crippen molar-refractivity contribution in [2.75, 3.05) is 26.2 Å². The number of alkyl halides is 3. The molecular weight excluding hydrogens is 599 g/mol. The molecule has 2 saturated carbocycles. The number of amides is 2. The van der Waals surface area contributed by atoms with E-state index in [-0.39, 0.29) is 49.8 Å². The van der Waals surface area contributed by atoms with E-state index in [0.29, 0.717) is 63.5 Å².